The minimum absolute atomic E-state index is 0.0979. The van der Waals surface area contributed by atoms with Crippen molar-refractivity contribution in [3.8, 4) is 0 Å². The molecule has 1 heterocycles. The van der Waals surface area contributed by atoms with Gasteiger partial charge in [-0.05, 0) is 36.1 Å². The van der Waals surface area contributed by atoms with Crippen LogP contribution in [0.3, 0.4) is 0 Å². The molecule has 0 bridgehead atoms. The van der Waals surface area contributed by atoms with Crippen LogP contribution in [0.2, 0.25) is 0 Å². The van der Waals surface area contributed by atoms with E-state index in [0.29, 0.717) is 5.92 Å². The minimum atomic E-state index is -0.0979. The fourth-order valence-corrected chi connectivity index (χ4v) is 3.44. The summed E-state index contributed by atoms with van der Waals surface area (Å²) in [5.74, 6) is 0.552. The smallest absolute Gasteiger partial charge is 0.132 e. The maximum absolute atomic E-state index is 14.2. The third-order valence-electron chi connectivity index (χ3n) is 5.02. The fourth-order valence-electron chi connectivity index (χ4n) is 3.44. The van der Waals surface area contributed by atoms with Crippen molar-refractivity contribution in [2.75, 3.05) is 6.54 Å². The van der Waals surface area contributed by atoms with Gasteiger partial charge in [0.1, 0.15) is 18.9 Å². The zero-order valence-electron chi connectivity index (χ0n) is 16.4. The van der Waals surface area contributed by atoms with E-state index in [2.05, 4.69) is 61.0 Å². The molecule has 0 amide bonds. The number of hydrogen-bond donors (Lipinski definition) is 1. The molecule has 2 nitrogen and oxygen atoms in total. The fraction of sp³-hybridized carbons (Fsp3) is 0.333. The van der Waals surface area contributed by atoms with Crippen LogP contribution in [0.15, 0.2) is 72.9 Å². The van der Waals surface area contributed by atoms with Crippen molar-refractivity contribution in [1.82, 2.24) is 4.57 Å². The number of halogens is 1. The van der Waals surface area contributed by atoms with Crippen molar-refractivity contribution in [1.29, 1.82) is 0 Å². The van der Waals surface area contributed by atoms with Gasteiger partial charge in [-0.15, -0.1) is 0 Å². The number of aromatic nitrogens is 1. The Hall–Kier alpha value is -2.39. The summed E-state index contributed by atoms with van der Waals surface area (Å²) in [6.45, 7) is 8.04. The lowest BCUT2D eigenvalue weighted by Crippen LogP contribution is -3.09. The first-order valence-corrected chi connectivity index (χ1v) is 9.86. The molecule has 27 heavy (non-hydrogen) atoms. The lowest BCUT2D eigenvalue weighted by Gasteiger charge is -2.22. The van der Waals surface area contributed by atoms with Gasteiger partial charge in [-0.25, -0.2) is 4.39 Å². The molecule has 142 valence electrons. The first kappa shape index (κ1) is 19.4. The van der Waals surface area contributed by atoms with Gasteiger partial charge in [0.15, 0.2) is 0 Å². The topological polar surface area (TPSA) is 9.37 Å². The third kappa shape index (κ3) is 5.80. The summed E-state index contributed by atoms with van der Waals surface area (Å²) >= 11 is 0. The molecule has 0 aliphatic heterocycles. The minimum Gasteiger partial charge on any atom is -0.342 e. The van der Waals surface area contributed by atoms with Crippen LogP contribution < -0.4 is 4.90 Å². The van der Waals surface area contributed by atoms with E-state index < -0.39 is 0 Å². The molecule has 0 fully saturated rings. The molecule has 0 saturated carbocycles. The van der Waals surface area contributed by atoms with Crippen LogP contribution in [0.1, 0.15) is 37.1 Å². The Morgan fingerprint density at radius 3 is 2.37 bits per heavy atom. The Bertz CT molecular complexity index is 823. The maximum Gasteiger partial charge on any atom is 0.132 e. The lowest BCUT2D eigenvalue weighted by atomic mass is 10.1. The summed E-state index contributed by atoms with van der Waals surface area (Å²) in [4.78, 5) is 1.40. The zero-order chi connectivity index (χ0) is 19.1. The summed E-state index contributed by atoms with van der Waals surface area (Å²) in [6.07, 6.45) is 3.29. The van der Waals surface area contributed by atoms with Crippen LogP contribution >= 0.6 is 0 Å². The summed E-state index contributed by atoms with van der Waals surface area (Å²) in [7, 11) is 0. The van der Waals surface area contributed by atoms with Gasteiger partial charge in [-0.1, -0.05) is 62.4 Å². The largest absolute Gasteiger partial charge is 0.342 e. The summed E-state index contributed by atoms with van der Waals surface area (Å²) < 4.78 is 16.5. The Labute approximate surface area is 162 Å². The molecule has 1 aromatic heterocycles. The highest BCUT2D eigenvalue weighted by molar-refractivity contribution is 5.18. The Kier molecular flexibility index (Phi) is 6.83. The molecule has 1 atom stereocenters. The van der Waals surface area contributed by atoms with E-state index in [4.69, 9.17) is 0 Å². The van der Waals surface area contributed by atoms with Gasteiger partial charge in [0, 0.05) is 18.3 Å². The van der Waals surface area contributed by atoms with Crippen LogP contribution in [0.5, 0.6) is 0 Å². The third-order valence-corrected chi connectivity index (χ3v) is 5.02. The first-order valence-electron chi connectivity index (χ1n) is 9.86. The van der Waals surface area contributed by atoms with Crippen LogP contribution in [0.25, 0.3) is 0 Å². The molecule has 0 spiro atoms. The summed E-state index contributed by atoms with van der Waals surface area (Å²) in [6, 6.07) is 22.0. The van der Waals surface area contributed by atoms with Crippen LogP contribution in [0, 0.1) is 11.7 Å². The SMILES string of the molecule is CC(C)CC[NH+](Cc1ccccc1F)Cc1cccn1Cc1ccccc1. The molecule has 1 unspecified atom stereocenters. The van der Waals surface area contributed by atoms with E-state index in [-0.39, 0.29) is 5.82 Å². The highest BCUT2D eigenvalue weighted by Crippen LogP contribution is 2.09. The number of hydrogen-bond acceptors (Lipinski definition) is 0. The van der Waals surface area contributed by atoms with E-state index >= 15 is 0 Å². The molecule has 0 aliphatic rings. The van der Waals surface area contributed by atoms with Crippen molar-refractivity contribution in [2.45, 2.75) is 39.9 Å². The maximum atomic E-state index is 14.2. The van der Waals surface area contributed by atoms with Crippen molar-refractivity contribution in [2.24, 2.45) is 5.92 Å². The van der Waals surface area contributed by atoms with Gasteiger partial charge in [-0.2, -0.15) is 0 Å². The molecule has 3 aromatic rings. The number of rotatable bonds is 9. The van der Waals surface area contributed by atoms with Gasteiger partial charge >= 0.3 is 0 Å². The Morgan fingerprint density at radius 1 is 0.889 bits per heavy atom. The highest BCUT2D eigenvalue weighted by atomic mass is 19.1. The van der Waals surface area contributed by atoms with E-state index in [9.17, 15) is 4.39 Å². The molecule has 2 aromatic carbocycles. The molecule has 0 saturated heterocycles. The van der Waals surface area contributed by atoms with E-state index in [0.717, 1.165) is 38.2 Å². The average Bonchev–Trinajstić information content (AvgIpc) is 3.09. The van der Waals surface area contributed by atoms with Crippen LogP contribution in [-0.4, -0.2) is 11.1 Å². The summed E-state index contributed by atoms with van der Waals surface area (Å²) in [5, 5.41) is 0. The normalized spacial score (nSPS) is 12.4. The molecular formula is C24H30FN2+. The van der Waals surface area contributed by atoms with Gasteiger partial charge in [-0.3, -0.25) is 0 Å². The number of benzene rings is 2. The zero-order valence-corrected chi connectivity index (χ0v) is 16.4. The second-order valence-corrected chi connectivity index (χ2v) is 7.74. The first-order chi connectivity index (χ1) is 13.1. The average molecular weight is 366 g/mol. The van der Waals surface area contributed by atoms with Gasteiger partial charge in [0.25, 0.3) is 0 Å². The van der Waals surface area contributed by atoms with E-state index in [1.807, 2.05) is 18.2 Å². The molecule has 1 N–H and O–H groups in total. The van der Waals surface area contributed by atoms with Crippen molar-refractivity contribution >= 4 is 0 Å². The van der Waals surface area contributed by atoms with Gasteiger partial charge in [0.2, 0.25) is 0 Å². The second kappa shape index (κ2) is 9.52. The lowest BCUT2D eigenvalue weighted by molar-refractivity contribution is -0.928. The van der Waals surface area contributed by atoms with Gasteiger partial charge in [0.05, 0.1) is 12.2 Å². The number of nitrogens with zero attached hydrogens (tertiary/aromatic N) is 1. The number of nitrogens with one attached hydrogen (secondary N) is 1. The van der Waals surface area contributed by atoms with Crippen molar-refractivity contribution in [3.05, 3.63) is 95.6 Å². The van der Waals surface area contributed by atoms with E-state index in [1.54, 1.807) is 12.1 Å². The standard InChI is InChI=1S/C24H29FN2/c1-20(2)14-16-26(18-22-11-6-7-13-24(22)25)19-23-12-8-15-27(23)17-21-9-4-3-5-10-21/h3-13,15,20H,14,16-19H2,1-2H3/p+1. The van der Waals surface area contributed by atoms with E-state index in [1.165, 1.54) is 16.2 Å². The molecule has 3 rings (SSSR count). The predicted octanol–water partition coefficient (Wildman–Crippen LogP) is 4.31. The quantitative estimate of drug-likeness (QED) is 0.579. The molecule has 3 heteroatoms. The Balaban J connectivity index is 1.74. The summed E-state index contributed by atoms with van der Waals surface area (Å²) in [5.41, 5.74) is 3.40. The second-order valence-electron chi connectivity index (χ2n) is 7.74. The van der Waals surface area contributed by atoms with Crippen LogP contribution in [-0.2, 0) is 19.6 Å². The highest BCUT2D eigenvalue weighted by Gasteiger charge is 2.16. The monoisotopic (exact) mass is 365 g/mol. The predicted molar refractivity (Wildman–Crippen MR) is 109 cm³/mol. The van der Waals surface area contributed by atoms with Crippen molar-refractivity contribution < 1.29 is 9.29 Å². The number of quaternary nitrogens is 1. The van der Waals surface area contributed by atoms with Gasteiger partial charge < -0.3 is 9.47 Å². The molecular weight excluding hydrogens is 335 g/mol. The Morgan fingerprint density at radius 2 is 1.63 bits per heavy atom. The molecule has 0 aliphatic carbocycles. The van der Waals surface area contributed by atoms with Crippen LogP contribution in [0.4, 0.5) is 4.39 Å². The van der Waals surface area contributed by atoms with Crippen molar-refractivity contribution in [3.63, 3.8) is 0 Å². The molecule has 0 radical (unpaired) electrons.